The molecule has 10 nitrogen and oxygen atoms in total. The van der Waals surface area contributed by atoms with Gasteiger partial charge in [0.05, 0.1) is 6.54 Å². The van der Waals surface area contributed by atoms with Crippen molar-refractivity contribution in [3.63, 3.8) is 0 Å². The monoisotopic (exact) mass is 484 g/mol. The third-order valence-electron chi connectivity index (χ3n) is 4.31. The van der Waals surface area contributed by atoms with Crippen molar-refractivity contribution >= 4 is 33.0 Å². The quantitative estimate of drug-likeness (QED) is 0.393. The van der Waals surface area contributed by atoms with E-state index in [0.717, 1.165) is 16.2 Å². The number of ether oxygens (including phenoxy) is 1. The van der Waals surface area contributed by atoms with Crippen LogP contribution in [-0.4, -0.2) is 33.8 Å². The lowest BCUT2D eigenvalue weighted by Crippen LogP contribution is -2.18. The molecule has 1 aromatic carbocycles. The molecule has 0 radical (unpaired) electrons. The first-order chi connectivity index (χ1) is 15.8. The number of thiophene rings is 1. The van der Waals surface area contributed by atoms with Gasteiger partial charge in [-0.05, 0) is 43.3 Å². The van der Waals surface area contributed by atoms with Crippen molar-refractivity contribution in [2.45, 2.75) is 24.6 Å². The molecule has 0 unspecified atom stereocenters. The molecule has 33 heavy (non-hydrogen) atoms. The topological polar surface area (TPSA) is 128 Å². The number of aryl methyl sites for hydroxylation is 1. The minimum Gasteiger partial charge on any atom is -0.439 e. The molecule has 0 aliphatic heterocycles. The number of benzene rings is 1. The fourth-order valence-electron chi connectivity index (χ4n) is 2.83. The van der Waals surface area contributed by atoms with Crippen LogP contribution in [0.15, 0.2) is 65.4 Å². The molecule has 170 valence electrons. The lowest BCUT2D eigenvalue weighted by atomic mass is 10.3. The molecule has 4 aromatic rings. The maximum absolute atomic E-state index is 12.7. The van der Waals surface area contributed by atoms with Gasteiger partial charge in [-0.1, -0.05) is 0 Å². The van der Waals surface area contributed by atoms with Crippen molar-refractivity contribution in [2.24, 2.45) is 0 Å². The number of rotatable bonds is 8. The number of hydrogen-bond donors (Lipinski definition) is 2. The third-order valence-corrected chi connectivity index (χ3v) is 7.27. The van der Waals surface area contributed by atoms with Crippen molar-refractivity contribution < 1.29 is 17.9 Å². The van der Waals surface area contributed by atoms with Crippen molar-refractivity contribution in [1.29, 1.82) is 0 Å². The molecule has 0 spiro atoms. The van der Waals surface area contributed by atoms with E-state index in [2.05, 4.69) is 25.0 Å². The van der Waals surface area contributed by atoms with Gasteiger partial charge in [0, 0.05) is 35.9 Å². The van der Waals surface area contributed by atoms with E-state index in [0.29, 0.717) is 29.0 Å². The lowest BCUT2D eigenvalue weighted by molar-refractivity contribution is -0.119. The average Bonchev–Trinajstić information content (AvgIpc) is 3.46. The van der Waals surface area contributed by atoms with E-state index >= 15 is 0 Å². The van der Waals surface area contributed by atoms with Gasteiger partial charge in [-0.25, -0.2) is 18.4 Å². The molecule has 0 aliphatic rings. The molecule has 4 rings (SSSR count). The first-order valence-electron chi connectivity index (χ1n) is 9.76. The van der Waals surface area contributed by atoms with Crippen LogP contribution in [0.3, 0.4) is 0 Å². The van der Waals surface area contributed by atoms with E-state index in [-0.39, 0.29) is 16.7 Å². The molecular weight excluding hydrogens is 464 g/mol. The number of nitrogens with one attached hydrogen (secondary N) is 2. The number of anilines is 1. The largest absolute Gasteiger partial charge is 0.439 e. The van der Waals surface area contributed by atoms with Gasteiger partial charge < -0.3 is 10.1 Å². The maximum atomic E-state index is 12.7. The summed E-state index contributed by atoms with van der Waals surface area (Å²) in [6, 6.07) is 11.4. The summed E-state index contributed by atoms with van der Waals surface area (Å²) in [5.74, 6) is 1.82. The Bertz CT molecular complexity index is 1370. The Morgan fingerprint density at radius 1 is 1.15 bits per heavy atom. The predicted molar refractivity (Wildman–Crippen MR) is 123 cm³/mol. The van der Waals surface area contributed by atoms with Gasteiger partial charge in [0.25, 0.3) is 10.0 Å². The zero-order valence-corrected chi connectivity index (χ0v) is 19.4. The number of hydrogen-bond acceptors (Lipinski definition) is 8. The zero-order valence-electron chi connectivity index (χ0n) is 17.7. The van der Waals surface area contributed by atoms with Crippen LogP contribution in [0.2, 0.25) is 0 Å². The third kappa shape index (κ3) is 5.73. The van der Waals surface area contributed by atoms with Gasteiger partial charge in [-0.15, -0.1) is 11.3 Å². The Morgan fingerprint density at radius 3 is 2.64 bits per heavy atom. The second-order valence-electron chi connectivity index (χ2n) is 6.94. The summed E-state index contributed by atoms with van der Waals surface area (Å²) in [5, 5.41) is 2.65. The smallest absolute Gasteiger partial charge is 0.271 e. The second-order valence-corrected chi connectivity index (χ2v) is 10.0. The van der Waals surface area contributed by atoms with Crippen molar-refractivity contribution in [3.8, 4) is 17.4 Å². The maximum Gasteiger partial charge on any atom is 0.271 e. The van der Waals surface area contributed by atoms with Crippen LogP contribution < -0.4 is 14.8 Å². The van der Waals surface area contributed by atoms with Crippen molar-refractivity contribution in [1.82, 2.24) is 24.8 Å². The molecule has 0 aliphatic carbocycles. The van der Waals surface area contributed by atoms with E-state index in [4.69, 9.17) is 4.74 Å². The van der Waals surface area contributed by atoms with Crippen LogP contribution in [-0.2, 0) is 21.4 Å². The highest BCUT2D eigenvalue weighted by molar-refractivity contribution is 7.94. The highest BCUT2D eigenvalue weighted by atomic mass is 32.2. The number of imidazole rings is 1. The van der Waals surface area contributed by atoms with Crippen molar-refractivity contribution in [3.05, 3.63) is 71.9 Å². The second kappa shape index (κ2) is 9.38. The molecule has 0 bridgehead atoms. The number of amides is 1. The molecule has 1 amide bonds. The summed E-state index contributed by atoms with van der Waals surface area (Å²) in [4.78, 5) is 24.4. The van der Waals surface area contributed by atoms with Crippen LogP contribution in [0.5, 0.6) is 11.6 Å². The van der Waals surface area contributed by atoms with Gasteiger partial charge in [-0.2, -0.15) is 4.98 Å². The molecule has 0 fully saturated rings. The summed E-state index contributed by atoms with van der Waals surface area (Å²) in [6.45, 7) is 3.45. The van der Waals surface area contributed by atoms with Crippen LogP contribution in [0.4, 0.5) is 5.69 Å². The SMILES string of the molecule is CC(=O)NCc1ccc(S(=O)(=O)Nc2ccc(Oc3cc(-n4ccnc4)nc(C)n3)cc2)s1. The Morgan fingerprint density at radius 2 is 1.94 bits per heavy atom. The Balaban J connectivity index is 1.44. The summed E-state index contributed by atoms with van der Waals surface area (Å²) in [6.07, 6.45) is 5.05. The summed E-state index contributed by atoms with van der Waals surface area (Å²) in [5.41, 5.74) is 0.386. The Labute approximate surface area is 194 Å². The summed E-state index contributed by atoms with van der Waals surface area (Å²) in [7, 11) is -3.75. The first-order valence-corrected chi connectivity index (χ1v) is 12.1. The summed E-state index contributed by atoms with van der Waals surface area (Å²) >= 11 is 1.10. The first kappa shape index (κ1) is 22.4. The predicted octanol–water partition coefficient (Wildman–Crippen LogP) is 3.26. The molecule has 2 N–H and O–H groups in total. The number of carbonyl (C=O) groups is 1. The van der Waals surface area contributed by atoms with E-state index in [9.17, 15) is 13.2 Å². The zero-order chi connectivity index (χ0) is 23.4. The number of nitrogens with zero attached hydrogens (tertiary/aromatic N) is 4. The molecular formula is C21H20N6O4S2. The average molecular weight is 485 g/mol. The lowest BCUT2D eigenvalue weighted by Gasteiger charge is -2.10. The van der Waals surface area contributed by atoms with Gasteiger partial charge in [0.1, 0.15) is 27.9 Å². The van der Waals surface area contributed by atoms with E-state index in [1.165, 1.54) is 13.0 Å². The van der Waals surface area contributed by atoms with Crippen LogP contribution >= 0.6 is 11.3 Å². The molecule has 0 saturated carbocycles. The highest BCUT2D eigenvalue weighted by Gasteiger charge is 2.17. The van der Waals surface area contributed by atoms with Crippen LogP contribution in [0.1, 0.15) is 17.6 Å². The van der Waals surface area contributed by atoms with Gasteiger partial charge in [-0.3, -0.25) is 14.1 Å². The number of aromatic nitrogens is 4. The molecule has 3 heterocycles. The Kier molecular flexibility index (Phi) is 6.38. The Hall–Kier alpha value is -3.77. The van der Waals surface area contributed by atoms with Crippen LogP contribution in [0, 0.1) is 6.92 Å². The van der Waals surface area contributed by atoms with E-state index in [1.807, 2.05) is 0 Å². The van der Waals surface area contributed by atoms with Gasteiger partial charge >= 0.3 is 0 Å². The standard InChI is InChI=1S/C21H20N6O4S2/c1-14-24-19(27-10-9-22-13-27)11-20(25-14)31-17-5-3-16(4-6-17)26-33(29,30)21-8-7-18(32-21)12-23-15(2)28/h3-11,13,26H,12H2,1-2H3,(H,23,28). The van der Waals surface area contributed by atoms with E-state index in [1.54, 1.807) is 66.6 Å². The van der Waals surface area contributed by atoms with E-state index < -0.39 is 10.0 Å². The normalized spacial score (nSPS) is 11.2. The van der Waals surface area contributed by atoms with Crippen molar-refractivity contribution in [2.75, 3.05) is 4.72 Å². The molecule has 0 atom stereocenters. The molecule has 3 aromatic heterocycles. The summed E-state index contributed by atoms with van der Waals surface area (Å²) < 4.78 is 35.6. The number of sulfonamides is 1. The van der Waals surface area contributed by atoms with Gasteiger partial charge in [0.2, 0.25) is 11.8 Å². The van der Waals surface area contributed by atoms with Crippen LogP contribution in [0.25, 0.3) is 5.82 Å². The highest BCUT2D eigenvalue weighted by Crippen LogP contribution is 2.26. The minimum absolute atomic E-state index is 0.159. The fourth-order valence-corrected chi connectivity index (χ4v) is 5.18. The van der Waals surface area contributed by atoms with Gasteiger partial charge in [0.15, 0.2) is 0 Å². The fraction of sp³-hybridized carbons (Fsp3) is 0.143. The molecule has 0 saturated heterocycles. The minimum atomic E-state index is -3.75. The molecule has 12 heteroatoms. The number of carbonyl (C=O) groups excluding carboxylic acids is 1.